The number of benzene rings is 1. The van der Waals surface area contributed by atoms with Crippen molar-refractivity contribution in [2.24, 2.45) is 0 Å². The van der Waals surface area contributed by atoms with Crippen LogP contribution in [0.1, 0.15) is 51.9 Å². The number of phenols is 1. The lowest BCUT2D eigenvalue weighted by Gasteiger charge is -2.41. The van der Waals surface area contributed by atoms with Crippen LogP contribution < -0.4 is 0 Å². The monoisotopic (exact) mass is 294 g/mol. The first-order valence-electron chi connectivity index (χ1n) is 7.24. The number of hydrogen-bond donors (Lipinski definition) is 1. The van der Waals surface area contributed by atoms with Crippen molar-refractivity contribution in [3.63, 3.8) is 0 Å². The third kappa shape index (κ3) is 3.06. The minimum absolute atomic E-state index is 0.0170. The summed E-state index contributed by atoms with van der Waals surface area (Å²) in [5.74, 6) is -0.414. The molecule has 0 radical (unpaired) electrons. The fourth-order valence-electron chi connectivity index (χ4n) is 3.22. The van der Waals surface area contributed by atoms with Gasteiger partial charge < -0.3 is 9.53 Å². The normalized spacial score (nSPS) is 12.2. The summed E-state index contributed by atoms with van der Waals surface area (Å²) in [4.78, 5) is 12.4. The van der Waals surface area contributed by atoms with Crippen LogP contribution in [-0.4, -0.2) is 19.4 Å². The van der Waals surface area contributed by atoms with Crippen LogP contribution in [0.5, 0.6) is 5.75 Å². The maximum Gasteiger partial charge on any atom is 0.328 e. The number of rotatable bonds is 5. The van der Waals surface area contributed by atoms with Gasteiger partial charge in [-0.1, -0.05) is 53.7 Å². The molecule has 1 rings (SSSR count). The first-order chi connectivity index (χ1) is 9.23. The van der Waals surface area contributed by atoms with Crippen molar-refractivity contribution in [3.05, 3.63) is 29.8 Å². The van der Waals surface area contributed by atoms with Crippen LogP contribution in [-0.2, 0) is 4.43 Å². The molecule has 0 fully saturated rings. The van der Waals surface area contributed by atoms with Crippen molar-refractivity contribution in [3.8, 4) is 5.75 Å². The Hall–Kier alpha value is -1.29. The Labute approximate surface area is 123 Å². The lowest BCUT2D eigenvalue weighted by atomic mass is 10.2. The Morgan fingerprint density at radius 2 is 1.45 bits per heavy atom. The average molecular weight is 294 g/mol. The molecule has 20 heavy (non-hydrogen) atoms. The van der Waals surface area contributed by atoms with E-state index in [2.05, 4.69) is 41.5 Å². The maximum atomic E-state index is 12.4. The molecule has 0 bridgehead atoms. The predicted octanol–water partition coefficient (Wildman–Crippen LogP) is 4.72. The van der Waals surface area contributed by atoms with Crippen molar-refractivity contribution >= 4 is 14.3 Å². The topological polar surface area (TPSA) is 46.5 Å². The van der Waals surface area contributed by atoms with Crippen molar-refractivity contribution in [1.82, 2.24) is 0 Å². The number of para-hydroxylation sites is 1. The first kappa shape index (κ1) is 16.8. The molecule has 112 valence electrons. The molecule has 1 aromatic rings. The summed E-state index contributed by atoms with van der Waals surface area (Å²) in [5.41, 5.74) is 1.25. The molecular weight excluding hydrogens is 268 g/mol. The molecule has 0 aliphatic carbocycles. The lowest BCUT2D eigenvalue weighted by molar-refractivity contribution is 0.0702. The highest BCUT2D eigenvalue weighted by Gasteiger charge is 2.48. The molecule has 0 heterocycles. The molecule has 0 atom stereocenters. The van der Waals surface area contributed by atoms with E-state index in [9.17, 15) is 9.90 Å². The van der Waals surface area contributed by atoms with E-state index < -0.39 is 14.3 Å². The van der Waals surface area contributed by atoms with E-state index in [1.54, 1.807) is 18.2 Å². The predicted molar refractivity (Wildman–Crippen MR) is 84.6 cm³/mol. The number of carbonyl (C=O) groups is 1. The van der Waals surface area contributed by atoms with E-state index in [-0.39, 0.29) is 11.3 Å². The second-order valence-electron chi connectivity index (χ2n) is 6.22. The Bertz CT molecular complexity index is 445. The van der Waals surface area contributed by atoms with Crippen LogP contribution in [0, 0.1) is 0 Å². The minimum Gasteiger partial charge on any atom is -0.515 e. The zero-order valence-corrected chi connectivity index (χ0v) is 14.3. The van der Waals surface area contributed by atoms with Crippen molar-refractivity contribution < 1.29 is 14.3 Å². The van der Waals surface area contributed by atoms with Gasteiger partial charge in [-0.05, 0) is 28.8 Å². The van der Waals surface area contributed by atoms with Crippen LogP contribution >= 0.6 is 0 Å². The third-order valence-electron chi connectivity index (χ3n) is 4.10. The summed E-state index contributed by atoms with van der Waals surface area (Å²) < 4.78 is 6.03. The van der Waals surface area contributed by atoms with Crippen molar-refractivity contribution in [2.75, 3.05) is 0 Å². The van der Waals surface area contributed by atoms with Gasteiger partial charge in [-0.25, -0.2) is 4.79 Å². The maximum absolute atomic E-state index is 12.4. The fourth-order valence-corrected chi connectivity index (χ4v) is 8.35. The van der Waals surface area contributed by atoms with Crippen LogP contribution in [0.3, 0.4) is 0 Å². The lowest BCUT2D eigenvalue weighted by Crippen LogP contribution is -2.49. The Morgan fingerprint density at radius 3 is 1.85 bits per heavy atom. The summed E-state index contributed by atoms with van der Waals surface area (Å²) >= 11 is 0. The van der Waals surface area contributed by atoms with Crippen LogP contribution in [0.4, 0.5) is 0 Å². The fraction of sp³-hybridized carbons (Fsp3) is 0.562. The summed E-state index contributed by atoms with van der Waals surface area (Å²) in [7, 11) is -2.26. The molecule has 0 saturated heterocycles. The van der Waals surface area contributed by atoms with Crippen LogP contribution in [0.25, 0.3) is 0 Å². The Kier molecular flexibility index (Phi) is 5.40. The quantitative estimate of drug-likeness (QED) is 0.799. The van der Waals surface area contributed by atoms with Gasteiger partial charge in [0.2, 0.25) is 0 Å². The van der Waals surface area contributed by atoms with E-state index in [0.717, 1.165) is 0 Å². The average Bonchev–Trinajstić information content (AvgIpc) is 2.34. The van der Waals surface area contributed by atoms with Gasteiger partial charge in [0, 0.05) is 0 Å². The van der Waals surface area contributed by atoms with Crippen LogP contribution in [0.15, 0.2) is 24.3 Å². The number of phenolic OH excluding ortho intramolecular Hbond substituents is 1. The van der Waals surface area contributed by atoms with E-state index in [4.69, 9.17) is 4.43 Å². The molecule has 0 saturated carbocycles. The summed E-state index contributed by atoms with van der Waals surface area (Å²) in [5, 5.41) is 9.81. The smallest absolute Gasteiger partial charge is 0.328 e. The van der Waals surface area contributed by atoms with E-state index in [1.165, 1.54) is 6.07 Å². The molecule has 1 N–H and O–H groups in total. The van der Waals surface area contributed by atoms with Crippen molar-refractivity contribution in [2.45, 2.75) is 58.2 Å². The minimum atomic E-state index is -2.26. The van der Waals surface area contributed by atoms with Gasteiger partial charge in [0.1, 0.15) is 5.75 Å². The van der Waals surface area contributed by atoms with Crippen LogP contribution in [0.2, 0.25) is 16.6 Å². The molecule has 1 aromatic carbocycles. The standard InChI is InChI=1S/C16H26O3Si/c1-11(2)20(12(3)4,13(5)6)19-16(18)14-9-7-8-10-15(14)17/h7-13,17H,1-6H3. The Balaban J connectivity index is 3.14. The zero-order valence-electron chi connectivity index (χ0n) is 13.3. The van der Waals surface area contributed by atoms with Gasteiger partial charge in [-0.15, -0.1) is 0 Å². The highest BCUT2D eigenvalue weighted by molar-refractivity contribution is 6.79. The molecule has 0 aromatic heterocycles. The summed E-state index contributed by atoms with van der Waals surface area (Å²) in [6, 6.07) is 6.56. The van der Waals surface area contributed by atoms with Gasteiger partial charge in [0.25, 0.3) is 8.32 Å². The SMILES string of the molecule is CC(C)[Si](OC(=O)c1ccccc1O)(C(C)C)C(C)C. The highest BCUT2D eigenvalue weighted by atomic mass is 28.4. The van der Waals surface area contributed by atoms with Gasteiger partial charge in [-0.3, -0.25) is 0 Å². The van der Waals surface area contributed by atoms with Gasteiger partial charge >= 0.3 is 5.97 Å². The highest BCUT2D eigenvalue weighted by Crippen LogP contribution is 2.43. The Morgan fingerprint density at radius 1 is 1.00 bits per heavy atom. The third-order valence-corrected chi connectivity index (χ3v) is 10.1. The molecule has 4 heteroatoms. The summed E-state index contributed by atoms with van der Waals surface area (Å²) in [6.45, 7) is 12.8. The molecule has 0 amide bonds. The molecule has 3 nitrogen and oxygen atoms in total. The number of aromatic hydroxyl groups is 1. The molecule has 0 spiro atoms. The number of carbonyl (C=O) groups excluding carboxylic acids is 1. The molecule has 0 aliphatic rings. The number of hydrogen-bond acceptors (Lipinski definition) is 3. The van der Waals surface area contributed by atoms with Crippen molar-refractivity contribution in [1.29, 1.82) is 0 Å². The van der Waals surface area contributed by atoms with E-state index in [1.807, 2.05) is 0 Å². The summed E-state index contributed by atoms with van der Waals surface area (Å²) in [6.07, 6.45) is 0. The second-order valence-corrected chi connectivity index (χ2v) is 11.6. The van der Waals surface area contributed by atoms with Gasteiger partial charge in [0.15, 0.2) is 0 Å². The zero-order chi connectivity index (χ0) is 15.5. The largest absolute Gasteiger partial charge is 0.515 e. The second kappa shape index (κ2) is 6.44. The first-order valence-corrected chi connectivity index (χ1v) is 9.38. The van der Waals surface area contributed by atoms with E-state index >= 15 is 0 Å². The molecule has 0 unspecified atom stereocenters. The molecule has 0 aliphatic heterocycles. The van der Waals surface area contributed by atoms with E-state index in [0.29, 0.717) is 16.6 Å². The van der Waals surface area contributed by atoms with Gasteiger partial charge in [0.05, 0.1) is 5.56 Å². The van der Waals surface area contributed by atoms with Gasteiger partial charge in [-0.2, -0.15) is 0 Å². The molecular formula is C16H26O3Si.